The first-order valence-corrected chi connectivity index (χ1v) is 8.59. The Labute approximate surface area is 161 Å². The number of halogens is 1. The summed E-state index contributed by atoms with van der Waals surface area (Å²) in [5, 5.41) is 3.04. The first kappa shape index (κ1) is 18.8. The molecule has 1 N–H and O–H groups in total. The van der Waals surface area contributed by atoms with Crippen molar-refractivity contribution in [2.75, 3.05) is 18.7 Å². The van der Waals surface area contributed by atoms with Gasteiger partial charge in [-0.1, -0.05) is 17.7 Å². The Bertz CT molecular complexity index is 869. The Hall–Kier alpha value is -2.93. The quantitative estimate of drug-likeness (QED) is 0.760. The minimum Gasteiger partial charge on any atom is -0.480 e. The van der Waals surface area contributed by atoms with E-state index in [0.29, 0.717) is 28.0 Å². The first-order chi connectivity index (χ1) is 12.9. The third-order valence-corrected chi connectivity index (χ3v) is 4.06. The van der Waals surface area contributed by atoms with Crippen molar-refractivity contribution >= 4 is 29.2 Å². The molecule has 142 valence electrons. The predicted molar refractivity (Wildman–Crippen MR) is 98.4 cm³/mol. The summed E-state index contributed by atoms with van der Waals surface area (Å²) in [6, 6.07) is 10.2. The zero-order chi connectivity index (χ0) is 19.4. The lowest BCUT2D eigenvalue weighted by atomic mass is 10.2. The smallest absolute Gasteiger partial charge is 0.344 e. The number of carbonyl (C=O) groups is 2. The van der Waals surface area contributed by atoms with Crippen molar-refractivity contribution in [3.05, 3.63) is 47.0 Å². The van der Waals surface area contributed by atoms with Crippen LogP contribution in [0.15, 0.2) is 36.4 Å². The van der Waals surface area contributed by atoms with E-state index in [2.05, 4.69) is 5.32 Å². The summed E-state index contributed by atoms with van der Waals surface area (Å²) in [5.41, 5.74) is 1.45. The Morgan fingerprint density at radius 2 is 1.96 bits per heavy atom. The molecule has 27 heavy (non-hydrogen) atoms. The molecular weight excluding hydrogens is 374 g/mol. The Balaban J connectivity index is 1.50. The Morgan fingerprint density at radius 3 is 2.78 bits per heavy atom. The van der Waals surface area contributed by atoms with Crippen molar-refractivity contribution in [3.8, 4) is 17.2 Å². The van der Waals surface area contributed by atoms with E-state index in [9.17, 15) is 9.59 Å². The van der Waals surface area contributed by atoms with Crippen LogP contribution >= 0.6 is 11.6 Å². The fraction of sp³-hybridized carbons (Fsp3) is 0.263. The van der Waals surface area contributed by atoms with Gasteiger partial charge in [0, 0.05) is 11.8 Å². The van der Waals surface area contributed by atoms with Crippen LogP contribution in [0.25, 0.3) is 0 Å². The van der Waals surface area contributed by atoms with Crippen LogP contribution in [-0.4, -0.2) is 31.4 Å². The highest BCUT2D eigenvalue weighted by molar-refractivity contribution is 6.32. The molecule has 1 amide bonds. The number of hydrogen-bond acceptors (Lipinski definition) is 6. The van der Waals surface area contributed by atoms with Gasteiger partial charge in [0.25, 0.3) is 5.91 Å². The molecule has 0 saturated heterocycles. The van der Waals surface area contributed by atoms with E-state index in [0.717, 1.165) is 5.56 Å². The van der Waals surface area contributed by atoms with E-state index >= 15 is 0 Å². The maximum Gasteiger partial charge on any atom is 0.344 e. The third kappa shape index (κ3) is 4.83. The summed E-state index contributed by atoms with van der Waals surface area (Å²) in [4.78, 5) is 24.1. The lowest BCUT2D eigenvalue weighted by molar-refractivity contribution is -0.155. The molecule has 0 unspecified atom stereocenters. The summed E-state index contributed by atoms with van der Waals surface area (Å²) in [7, 11) is 0. The minimum atomic E-state index is -1.00. The lowest BCUT2D eigenvalue weighted by Gasteiger charge is -2.14. The molecule has 0 spiro atoms. The molecule has 0 saturated carbocycles. The van der Waals surface area contributed by atoms with Gasteiger partial charge in [0.2, 0.25) is 6.79 Å². The number of amides is 1. The fourth-order valence-corrected chi connectivity index (χ4v) is 2.53. The molecular formula is C19H18ClNO6. The largest absolute Gasteiger partial charge is 0.480 e. The van der Waals surface area contributed by atoms with Crippen LogP contribution < -0.4 is 19.5 Å². The van der Waals surface area contributed by atoms with Gasteiger partial charge in [-0.15, -0.1) is 0 Å². The number of carbonyl (C=O) groups excluding carboxylic acids is 2. The van der Waals surface area contributed by atoms with Crippen molar-refractivity contribution in [1.82, 2.24) is 0 Å². The van der Waals surface area contributed by atoms with Gasteiger partial charge in [-0.25, -0.2) is 4.79 Å². The topological polar surface area (TPSA) is 83.1 Å². The number of aryl methyl sites for hydroxylation is 1. The van der Waals surface area contributed by atoms with E-state index in [1.54, 1.807) is 30.3 Å². The predicted octanol–water partition coefficient (Wildman–Crippen LogP) is 3.33. The number of rotatable bonds is 6. The maximum atomic E-state index is 12.2. The second-order valence-corrected chi connectivity index (χ2v) is 6.32. The molecule has 7 nitrogen and oxygen atoms in total. The van der Waals surface area contributed by atoms with Crippen LogP contribution in [0, 0.1) is 6.92 Å². The molecule has 3 rings (SSSR count). The lowest BCUT2D eigenvalue weighted by Crippen LogP contribution is -2.31. The molecule has 0 radical (unpaired) electrons. The van der Waals surface area contributed by atoms with E-state index in [1.165, 1.54) is 6.92 Å². The average Bonchev–Trinajstić information content (AvgIpc) is 3.10. The normalized spacial score (nSPS) is 13.0. The standard InChI is InChI=1S/C19H18ClNO6/c1-11-3-5-14(20)16(7-11)24-9-18(22)27-12(2)19(23)21-13-4-6-15-17(8-13)26-10-25-15/h3-8,12H,9-10H2,1-2H3,(H,21,23)/t12-/m1/s1. The van der Waals surface area contributed by atoms with Gasteiger partial charge in [-0.05, 0) is 43.7 Å². The number of fused-ring (bicyclic) bond motifs is 1. The number of esters is 1. The zero-order valence-electron chi connectivity index (χ0n) is 14.8. The molecule has 0 aliphatic carbocycles. The summed E-state index contributed by atoms with van der Waals surface area (Å²) < 4.78 is 20.9. The fourth-order valence-electron chi connectivity index (χ4n) is 2.36. The van der Waals surface area contributed by atoms with E-state index < -0.39 is 18.0 Å². The average molecular weight is 392 g/mol. The van der Waals surface area contributed by atoms with Crippen LogP contribution in [0.1, 0.15) is 12.5 Å². The van der Waals surface area contributed by atoms with Crippen molar-refractivity contribution in [3.63, 3.8) is 0 Å². The second-order valence-electron chi connectivity index (χ2n) is 5.91. The molecule has 1 heterocycles. The van der Waals surface area contributed by atoms with Crippen molar-refractivity contribution in [2.24, 2.45) is 0 Å². The first-order valence-electron chi connectivity index (χ1n) is 8.21. The molecule has 1 atom stereocenters. The Kier molecular flexibility index (Phi) is 5.71. The number of hydrogen-bond donors (Lipinski definition) is 1. The molecule has 2 aromatic carbocycles. The third-order valence-electron chi connectivity index (χ3n) is 3.75. The summed E-state index contributed by atoms with van der Waals surface area (Å²) in [6.45, 7) is 3.14. The van der Waals surface area contributed by atoms with Gasteiger partial charge < -0.3 is 24.3 Å². The van der Waals surface area contributed by atoms with Gasteiger partial charge in [0.15, 0.2) is 24.2 Å². The highest BCUT2D eigenvalue weighted by Crippen LogP contribution is 2.34. The molecule has 1 aliphatic rings. The monoisotopic (exact) mass is 391 g/mol. The van der Waals surface area contributed by atoms with Gasteiger partial charge in [0.1, 0.15) is 5.75 Å². The molecule has 0 fully saturated rings. The van der Waals surface area contributed by atoms with Crippen LogP contribution in [-0.2, 0) is 14.3 Å². The molecule has 8 heteroatoms. The summed E-state index contributed by atoms with van der Waals surface area (Å²) in [5.74, 6) is 0.378. The van der Waals surface area contributed by atoms with Crippen LogP contribution in [0.5, 0.6) is 17.2 Å². The van der Waals surface area contributed by atoms with Gasteiger partial charge >= 0.3 is 5.97 Å². The maximum absolute atomic E-state index is 12.2. The highest BCUT2D eigenvalue weighted by atomic mass is 35.5. The SMILES string of the molecule is Cc1ccc(Cl)c(OCC(=O)O[C@H](C)C(=O)Nc2ccc3c(c2)OCO3)c1. The molecule has 0 bridgehead atoms. The van der Waals surface area contributed by atoms with E-state index in [1.807, 2.05) is 13.0 Å². The number of benzene rings is 2. The summed E-state index contributed by atoms with van der Waals surface area (Å²) in [6.07, 6.45) is -1.00. The summed E-state index contributed by atoms with van der Waals surface area (Å²) >= 11 is 6.01. The molecule has 2 aromatic rings. The Morgan fingerprint density at radius 1 is 1.19 bits per heavy atom. The molecule has 1 aliphatic heterocycles. The van der Waals surface area contributed by atoms with Crippen molar-refractivity contribution in [1.29, 1.82) is 0 Å². The van der Waals surface area contributed by atoms with Crippen molar-refractivity contribution < 1.29 is 28.5 Å². The van der Waals surface area contributed by atoms with Crippen LogP contribution in [0.4, 0.5) is 5.69 Å². The van der Waals surface area contributed by atoms with Gasteiger partial charge in [-0.3, -0.25) is 4.79 Å². The second kappa shape index (κ2) is 8.18. The van der Waals surface area contributed by atoms with Gasteiger partial charge in [-0.2, -0.15) is 0 Å². The van der Waals surface area contributed by atoms with Crippen LogP contribution in [0.2, 0.25) is 5.02 Å². The number of anilines is 1. The van der Waals surface area contributed by atoms with E-state index in [-0.39, 0.29) is 13.4 Å². The highest BCUT2D eigenvalue weighted by Gasteiger charge is 2.20. The van der Waals surface area contributed by atoms with Crippen LogP contribution in [0.3, 0.4) is 0 Å². The minimum absolute atomic E-state index is 0.145. The zero-order valence-corrected chi connectivity index (χ0v) is 15.5. The van der Waals surface area contributed by atoms with Crippen molar-refractivity contribution in [2.45, 2.75) is 20.0 Å². The van der Waals surface area contributed by atoms with E-state index in [4.69, 9.17) is 30.5 Å². The number of nitrogens with one attached hydrogen (secondary N) is 1. The number of ether oxygens (including phenoxy) is 4. The molecule has 0 aromatic heterocycles. The van der Waals surface area contributed by atoms with Gasteiger partial charge in [0.05, 0.1) is 5.02 Å².